The number of hydrogen-bond donors (Lipinski definition) is 0. The van der Waals surface area contributed by atoms with E-state index in [2.05, 4.69) is 11.1 Å². The average molecular weight is 344 g/mol. The van der Waals surface area contributed by atoms with Crippen LogP contribution in [-0.2, 0) is 0 Å². The lowest BCUT2D eigenvalue weighted by Crippen LogP contribution is -2.26. The van der Waals surface area contributed by atoms with Crippen LogP contribution in [0.3, 0.4) is 0 Å². The third-order valence-corrected chi connectivity index (χ3v) is 4.70. The highest BCUT2D eigenvalue weighted by molar-refractivity contribution is 6.06. The van der Waals surface area contributed by atoms with Crippen molar-refractivity contribution < 1.29 is 9.21 Å². The summed E-state index contributed by atoms with van der Waals surface area (Å²) in [7, 11) is 1.77. The number of aryl methyl sites for hydroxylation is 3. The van der Waals surface area contributed by atoms with E-state index in [-0.39, 0.29) is 5.91 Å². The van der Waals surface area contributed by atoms with E-state index in [1.165, 1.54) is 0 Å². The Morgan fingerprint density at radius 3 is 2.46 bits per heavy atom. The molecule has 4 heteroatoms. The Kier molecular flexibility index (Phi) is 3.76. The smallest absolute Gasteiger partial charge is 0.293 e. The molecule has 0 aliphatic rings. The molecule has 0 spiro atoms. The van der Waals surface area contributed by atoms with Crippen LogP contribution < -0.4 is 4.90 Å². The van der Waals surface area contributed by atoms with E-state index >= 15 is 0 Å². The van der Waals surface area contributed by atoms with Gasteiger partial charge in [-0.1, -0.05) is 24.3 Å². The van der Waals surface area contributed by atoms with Gasteiger partial charge >= 0.3 is 0 Å². The van der Waals surface area contributed by atoms with Crippen molar-refractivity contribution >= 4 is 33.6 Å². The summed E-state index contributed by atoms with van der Waals surface area (Å²) in [5, 5.41) is 1.87. The molecule has 2 aromatic heterocycles. The van der Waals surface area contributed by atoms with Gasteiger partial charge in [0.25, 0.3) is 5.91 Å². The number of fused-ring (bicyclic) bond motifs is 2. The van der Waals surface area contributed by atoms with Gasteiger partial charge in [0.2, 0.25) is 5.71 Å². The van der Waals surface area contributed by atoms with Crippen molar-refractivity contribution in [2.75, 3.05) is 11.9 Å². The Bertz CT molecular complexity index is 1160. The van der Waals surface area contributed by atoms with Gasteiger partial charge in [0, 0.05) is 23.5 Å². The van der Waals surface area contributed by atoms with Crippen molar-refractivity contribution in [1.29, 1.82) is 0 Å². The Morgan fingerprint density at radius 2 is 1.65 bits per heavy atom. The molecule has 26 heavy (non-hydrogen) atoms. The quantitative estimate of drug-likeness (QED) is 0.503. The number of nitrogens with zero attached hydrogens (tertiary/aromatic N) is 2. The van der Waals surface area contributed by atoms with E-state index in [0.717, 1.165) is 38.7 Å². The van der Waals surface area contributed by atoms with Crippen LogP contribution in [0.1, 0.15) is 27.2 Å². The van der Waals surface area contributed by atoms with Crippen LogP contribution in [0.4, 0.5) is 5.69 Å². The highest BCUT2D eigenvalue weighted by Gasteiger charge is 2.20. The number of amides is 1. The molecule has 0 atom stereocenters. The van der Waals surface area contributed by atoms with Gasteiger partial charge in [-0.05, 0) is 61.7 Å². The molecule has 4 nitrogen and oxygen atoms in total. The lowest BCUT2D eigenvalue weighted by Gasteiger charge is -2.18. The molecule has 0 N–H and O–H groups in total. The average Bonchev–Trinajstić information content (AvgIpc) is 3.03. The third-order valence-electron chi connectivity index (χ3n) is 4.70. The number of hydrogen-bond acceptors (Lipinski definition) is 3. The molecule has 2 heterocycles. The predicted octanol–water partition coefficient (Wildman–Crippen LogP) is 5.18. The number of carbonyl (C=O) groups is 1. The minimum Gasteiger partial charge on any atom is -0.433 e. The van der Waals surface area contributed by atoms with Gasteiger partial charge in [-0.2, -0.15) is 0 Å². The molecule has 0 radical (unpaired) electrons. The molecule has 1 amide bonds. The highest BCUT2D eigenvalue weighted by Crippen LogP contribution is 2.26. The number of carbonyl (C=O) groups excluding carboxylic acids is 1. The van der Waals surface area contributed by atoms with Crippen molar-refractivity contribution in [2.45, 2.75) is 20.8 Å². The molecule has 0 fully saturated rings. The summed E-state index contributed by atoms with van der Waals surface area (Å²) in [5.74, 6) is 0.111. The molecular formula is C22H20N2O2. The van der Waals surface area contributed by atoms with Crippen molar-refractivity contribution in [3.8, 4) is 0 Å². The Hall–Kier alpha value is -3.14. The molecule has 0 unspecified atom stereocenters. The Balaban J connectivity index is 1.76. The fraction of sp³-hybridized carbons (Fsp3) is 0.182. The topological polar surface area (TPSA) is 46.3 Å². The van der Waals surface area contributed by atoms with Crippen LogP contribution >= 0.6 is 0 Å². The van der Waals surface area contributed by atoms with Crippen LogP contribution in [0.25, 0.3) is 22.0 Å². The SMILES string of the molecule is Cc1ccc(C)c(N(C)C(=O)c2cc3cc4ccc(C)cc4nc3o2)c1. The Labute approximate surface area is 152 Å². The first-order chi connectivity index (χ1) is 12.4. The number of rotatable bonds is 2. The Morgan fingerprint density at radius 1 is 0.923 bits per heavy atom. The molecule has 4 rings (SSSR count). The monoisotopic (exact) mass is 344 g/mol. The van der Waals surface area contributed by atoms with Crippen LogP contribution in [0.2, 0.25) is 0 Å². The van der Waals surface area contributed by atoms with Gasteiger partial charge in [0.15, 0.2) is 5.76 Å². The molecule has 0 saturated carbocycles. The zero-order chi connectivity index (χ0) is 18.4. The lowest BCUT2D eigenvalue weighted by atomic mass is 10.1. The van der Waals surface area contributed by atoms with Crippen LogP contribution in [-0.4, -0.2) is 17.9 Å². The van der Waals surface area contributed by atoms with Gasteiger partial charge in [-0.25, -0.2) is 4.98 Å². The summed E-state index contributed by atoms with van der Waals surface area (Å²) in [6.07, 6.45) is 0. The predicted molar refractivity (Wildman–Crippen MR) is 105 cm³/mol. The maximum absolute atomic E-state index is 12.9. The maximum Gasteiger partial charge on any atom is 0.293 e. The number of furan rings is 1. The van der Waals surface area contributed by atoms with Crippen molar-refractivity contribution in [3.05, 3.63) is 71.0 Å². The summed E-state index contributed by atoms with van der Waals surface area (Å²) in [5.41, 5.74) is 5.53. The summed E-state index contributed by atoms with van der Waals surface area (Å²) in [6, 6.07) is 15.9. The number of benzene rings is 2. The van der Waals surface area contributed by atoms with Crippen molar-refractivity contribution in [1.82, 2.24) is 4.98 Å². The zero-order valence-corrected chi connectivity index (χ0v) is 15.3. The van der Waals surface area contributed by atoms with Crippen molar-refractivity contribution in [2.24, 2.45) is 0 Å². The summed E-state index contributed by atoms with van der Waals surface area (Å²) >= 11 is 0. The second-order valence-electron chi connectivity index (χ2n) is 6.84. The summed E-state index contributed by atoms with van der Waals surface area (Å²) < 4.78 is 5.79. The first-order valence-electron chi connectivity index (χ1n) is 8.58. The molecular weight excluding hydrogens is 324 g/mol. The number of pyridine rings is 1. The fourth-order valence-electron chi connectivity index (χ4n) is 3.20. The van der Waals surface area contributed by atoms with E-state index < -0.39 is 0 Å². The third kappa shape index (κ3) is 2.73. The van der Waals surface area contributed by atoms with Gasteiger partial charge in [-0.15, -0.1) is 0 Å². The second-order valence-corrected chi connectivity index (χ2v) is 6.84. The lowest BCUT2D eigenvalue weighted by molar-refractivity contribution is 0.0968. The summed E-state index contributed by atoms with van der Waals surface area (Å²) in [4.78, 5) is 19.1. The van der Waals surface area contributed by atoms with E-state index in [9.17, 15) is 4.79 Å². The van der Waals surface area contributed by atoms with Crippen LogP contribution in [0.5, 0.6) is 0 Å². The zero-order valence-electron chi connectivity index (χ0n) is 15.3. The first kappa shape index (κ1) is 16.3. The molecule has 0 aliphatic heterocycles. The normalized spacial score (nSPS) is 11.2. The molecule has 4 aromatic rings. The van der Waals surface area contributed by atoms with Gasteiger partial charge < -0.3 is 9.32 Å². The van der Waals surface area contributed by atoms with Gasteiger partial charge in [0.1, 0.15) is 0 Å². The molecule has 2 aromatic carbocycles. The minimum absolute atomic E-state index is 0.183. The van der Waals surface area contributed by atoms with Gasteiger partial charge in [-0.3, -0.25) is 4.79 Å². The molecule has 130 valence electrons. The highest BCUT2D eigenvalue weighted by atomic mass is 16.4. The van der Waals surface area contributed by atoms with Crippen LogP contribution in [0.15, 0.2) is 52.9 Å². The molecule has 0 aliphatic carbocycles. The largest absolute Gasteiger partial charge is 0.433 e. The van der Waals surface area contributed by atoms with E-state index in [1.54, 1.807) is 18.0 Å². The minimum atomic E-state index is -0.183. The standard InChI is InChI=1S/C22H20N2O2/c1-13-6-8-16-11-17-12-20(26-21(17)23-18(16)9-13)22(25)24(4)19-10-14(2)5-7-15(19)3/h5-12H,1-4H3. The molecule has 0 saturated heterocycles. The first-order valence-corrected chi connectivity index (χ1v) is 8.58. The fourth-order valence-corrected chi connectivity index (χ4v) is 3.20. The second kappa shape index (κ2) is 5.99. The summed E-state index contributed by atoms with van der Waals surface area (Å²) in [6.45, 7) is 6.04. The van der Waals surface area contributed by atoms with Crippen molar-refractivity contribution in [3.63, 3.8) is 0 Å². The van der Waals surface area contributed by atoms with E-state index in [4.69, 9.17) is 4.42 Å². The number of anilines is 1. The molecule has 0 bridgehead atoms. The van der Waals surface area contributed by atoms with Crippen LogP contribution in [0, 0.1) is 20.8 Å². The maximum atomic E-state index is 12.9. The van der Waals surface area contributed by atoms with E-state index in [1.807, 2.05) is 57.2 Å². The van der Waals surface area contributed by atoms with E-state index in [0.29, 0.717) is 11.5 Å². The number of aromatic nitrogens is 1. The van der Waals surface area contributed by atoms with Gasteiger partial charge in [0.05, 0.1) is 5.52 Å².